The Hall–Kier alpha value is -5.17. The third-order valence-electron chi connectivity index (χ3n) is 12.8. The van der Waals surface area contributed by atoms with E-state index in [1.54, 1.807) is 13.2 Å². The minimum atomic E-state index is -0.769. The summed E-state index contributed by atoms with van der Waals surface area (Å²) in [5.74, 6) is -1.35. The van der Waals surface area contributed by atoms with E-state index in [2.05, 4.69) is 31.4 Å². The number of piperidine rings is 3. The molecule has 1 aliphatic carbocycles. The fraction of sp³-hybridized carbons (Fsp3) is 0.488. The number of anilines is 1. The predicted octanol–water partition coefficient (Wildman–Crippen LogP) is 6.41. The first-order chi connectivity index (χ1) is 27.1. The van der Waals surface area contributed by atoms with Gasteiger partial charge >= 0.3 is 0 Å². The third kappa shape index (κ3) is 7.91. The number of rotatable bonds is 8. The van der Waals surface area contributed by atoms with Gasteiger partial charge in [0.05, 0.1) is 30.3 Å². The van der Waals surface area contributed by atoms with Crippen LogP contribution >= 0.6 is 0 Å². The predicted molar refractivity (Wildman–Crippen MR) is 209 cm³/mol. The van der Waals surface area contributed by atoms with Gasteiger partial charge in [-0.25, -0.2) is 9.37 Å². The lowest BCUT2D eigenvalue weighted by Gasteiger charge is -2.47. The molecule has 1 spiro atoms. The first-order valence-electron chi connectivity index (χ1n) is 20.0. The highest BCUT2D eigenvalue weighted by Gasteiger charge is 2.40. The van der Waals surface area contributed by atoms with E-state index in [9.17, 15) is 23.6 Å². The maximum Gasteiger partial charge on any atom is 0.274 e. The molecule has 0 radical (unpaired) electrons. The number of aryl methyl sites for hydroxylation is 1. The molecular weight excluding hydrogens is 714 g/mol. The second-order valence-electron chi connectivity index (χ2n) is 16.3. The van der Waals surface area contributed by atoms with Crippen molar-refractivity contribution in [2.75, 3.05) is 45.2 Å². The van der Waals surface area contributed by atoms with Crippen LogP contribution in [0.5, 0.6) is 5.75 Å². The van der Waals surface area contributed by atoms with Gasteiger partial charge < -0.3 is 19.9 Å². The number of nitrogens with one attached hydrogen (secondary N) is 2. The van der Waals surface area contributed by atoms with Crippen molar-refractivity contribution in [1.29, 1.82) is 0 Å². The summed E-state index contributed by atoms with van der Waals surface area (Å²) in [7, 11) is 1.59. The molecule has 4 amide bonds. The number of methoxy groups -OCH3 is 1. The maximum absolute atomic E-state index is 14.8. The minimum absolute atomic E-state index is 0.127. The number of carbonyl (C=O) groups is 4. The Morgan fingerprint density at radius 1 is 0.964 bits per heavy atom. The molecule has 4 aliphatic rings. The van der Waals surface area contributed by atoms with Crippen molar-refractivity contribution >= 4 is 40.2 Å². The smallest absolute Gasteiger partial charge is 0.274 e. The van der Waals surface area contributed by atoms with E-state index in [0.29, 0.717) is 47.7 Å². The van der Waals surface area contributed by atoms with Gasteiger partial charge in [-0.15, -0.1) is 0 Å². The van der Waals surface area contributed by atoms with Crippen molar-refractivity contribution in [3.8, 4) is 5.75 Å². The number of amides is 4. The number of aromatic nitrogens is 3. The Kier molecular flexibility index (Phi) is 10.6. The molecule has 1 saturated carbocycles. The summed E-state index contributed by atoms with van der Waals surface area (Å²) in [4.78, 5) is 59.3. The van der Waals surface area contributed by atoms with Crippen LogP contribution in [0.1, 0.15) is 108 Å². The normalized spacial score (nSPS) is 21.0. The van der Waals surface area contributed by atoms with Gasteiger partial charge in [-0.1, -0.05) is 6.07 Å². The van der Waals surface area contributed by atoms with Gasteiger partial charge in [0.2, 0.25) is 11.8 Å². The second-order valence-corrected chi connectivity index (χ2v) is 16.3. The second kappa shape index (κ2) is 15.8. The molecule has 3 aliphatic heterocycles. The summed E-state index contributed by atoms with van der Waals surface area (Å²) >= 11 is 0. The molecule has 294 valence electrons. The van der Waals surface area contributed by atoms with E-state index in [0.717, 1.165) is 61.9 Å². The summed E-state index contributed by atoms with van der Waals surface area (Å²) in [5.41, 5.74) is 3.39. The number of benzene rings is 2. The number of ether oxygens (including phenoxy) is 1. The van der Waals surface area contributed by atoms with Crippen LogP contribution in [0.15, 0.2) is 54.7 Å². The molecule has 3 saturated heterocycles. The topological polar surface area (TPSA) is 139 Å². The Balaban J connectivity index is 0.805. The number of fused-ring (bicyclic) bond motifs is 1. The van der Waals surface area contributed by atoms with E-state index >= 15 is 0 Å². The van der Waals surface area contributed by atoms with E-state index in [4.69, 9.17) is 9.84 Å². The quantitative estimate of drug-likeness (QED) is 0.197. The average molecular weight is 764 g/mol. The van der Waals surface area contributed by atoms with E-state index in [1.807, 2.05) is 36.1 Å². The number of halogens is 1. The fourth-order valence-corrected chi connectivity index (χ4v) is 9.39. The molecule has 4 aromatic rings. The van der Waals surface area contributed by atoms with Gasteiger partial charge in [-0.05, 0) is 112 Å². The van der Waals surface area contributed by atoms with E-state index < -0.39 is 17.6 Å². The molecule has 8 rings (SSSR count). The third-order valence-corrected chi connectivity index (χ3v) is 12.8. The van der Waals surface area contributed by atoms with Crippen LogP contribution in [0.3, 0.4) is 0 Å². The van der Waals surface area contributed by atoms with Crippen LogP contribution in [-0.4, -0.2) is 88.0 Å². The lowest BCUT2D eigenvalue weighted by atomic mass is 9.65. The highest BCUT2D eigenvalue weighted by atomic mass is 19.1. The summed E-state index contributed by atoms with van der Waals surface area (Å²) in [6, 6.07) is 13.8. The number of hydrogen-bond donors (Lipinski definition) is 2. The van der Waals surface area contributed by atoms with Gasteiger partial charge in [0.25, 0.3) is 11.8 Å². The Morgan fingerprint density at radius 2 is 1.73 bits per heavy atom. The van der Waals surface area contributed by atoms with Crippen molar-refractivity contribution < 1.29 is 28.3 Å². The van der Waals surface area contributed by atoms with Crippen molar-refractivity contribution in [3.05, 3.63) is 83.1 Å². The molecule has 12 nitrogen and oxygen atoms in total. The highest BCUT2D eigenvalue weighted by Crippen LogP contribution is 2.47. The van der Waals surface area contributed by atoms with Crippen molar-refractivity contribution in [2.24, 2.45) is 11.3 Å². The number of hydrogen-bond acceptors (Lipinski definition) is 8. The van der Waals surface area contributed by atoms with Crippen LogP contribution in [0, 0.1) is 24.1 Å². The zero-order valence-electron chi connectivity index (χ0n) is 32.2. The SMILES string of the molecule is COc1cc2nn(C3CCN(CC4CCC5(CC4)CCN(C(=O)c4ccc(F)c(C6CCC(=O)NC6=O)c4)CC5)CC3)cc2cc1NC(=O)c1cccc(C)n1. The molecule has 4 fully saturated rings. The first-order valence-corrected chi connectivity index (χ1v) is 20.0. The van der Waals surface area contributed by atoms with Gasteiger partial charge in [0.15, 0.2) is 0 Å². The number of likely N-dealkylation sites (tertiary alicyclic amines) is 2. The molecule has 13 heteroatoms. The standard InChI is InChI=1S/C43H50FN7O5/c1-27-4-3-5-35(45-27)41(54)46-37-23-30-26-51(48-36(30)24-38(37)56-2)31-12-18-49(19-13-31)25-28-10-14-43(15-11-28)16-20-50(21-17-43)42(55)29-6-8-34(44)33(22-29)32-7-9-39(52)47-40(32)53/h3-6,8,22-24,26,28,31-32H,7,9-21,25H2,1-2H3,(H,46,54)(H,47,52,53). The molecule has 1 atom stereocenters. The zero-order valence-corrected chi connectivity index (χ0v) is 32.2. The number of carbonyl (C=O) groups excluding carboxylic acids is 4. The van der Waals surface area contributed by atoms with Gasteiger partial charge in [0.1, 0.15) is 17.3 Å². The van der Waals surface area contributed by atoms with Crippen LogP contribution in [0.25, 0.3) is 10.9 Å². The molecule has 2 N–H and O–H groups in total. The minimum Gasteiger partial charge on any atom is -0.494 e. The number of nitrogens with zero attached hydrogens (tertiary/aromatic N) is 5. The summed E-state index contributed by atoms with van der Waals surface area (Å²) in [6.07, 6.45) is 11.2. The summed E-state index contributed by atoms with van der Waals surface area (Å²) < 4.78 is 22.5. The van der Waals surface area contributed by atoms with Gasteiger partial charge in [-0.2, -0.15) is 5.10 Å². The first kappa shape index (κ1) is 37.7. The van der Waals surface area contributed by atoms with E-state index in [-0.39, 0.29) is 41.5 Å². The maximum atomic E-state index is 14.8. The fourth-order valence-electron chi connectivity index (χ4n) is 9.39. The highest BCUT2D eigenvalue weighted by molar-refractivity contribution is 6.05. The van der Waals surface area contributed by atoms with E-state index in [1.165, 1.54) is 43.9 Å². The van der Waals surface area contributed by atoms with Gasteiger partial charge in [0, 0.05) is 73.6 Å². The molecule has 0 bridgehead atoms. The average Bonchev–Trinajstić information content (AvgIpc) is 3.62. The Bertz CT molecular complexity index is 2140. The van der Waals surface area contributed by atoms with Crippen molar-refractivity contribution in [3.63, 3.8) is 0 Å². The molecule has 1 unspecified atom stereocenters. The monoisotopic (exact) mass is 763 g/mol. The molecular formula is C43H50FN7O5. The summed E-state index contributed by atoms with van der Waals surface area (Å²) in [6.45, 7) is 6.39. The lowest BCUT2D eigenvalue weighted by Crippen LogP contribution is -2.45. The lowest BCUT2D eigenvalue weighted by molar-refractivity contribution is -0.134. The number of pyridine rings is 1. The van der Waals surface area contributed by atoms with Gasteiger partial charge in [-0.3, -0.25) is 29.2 Å². The van der Waals surface area contributed by atoms with Crippen LogP contribution in [-0.2, 0) is 9.59 Å². The van der Waals surface area contributed by atoms with Crippen LogP contribution < -0.4 is 15.4 Å². The largest absolute Gasteiger partial charge is 0.494 e. The Morgan fingerprint density at radius 3 is 2.45 bits per heavy atom. The number of imide groups is 1. The molecule has 2 aromatic carbocycles. The van der Waals surface area contributed by atoms with Crippen LogP contribution in [0.4, 0.5) is 10.1 Å². The zero-order chi connectivity index (χ0) is 39.0. The van der Waals surface area contributed by atoms with Crippen LogP contribution in [0.2, 0.25) is 0 Å². The molecule has 56 heavy (non-hydrogen) atoms. The summed E-state index contributed by atoms with van der Waals surface area (Å²) in [5, 5.41) is 11.1. The van der Waals surface area contributed by atoms with Crippen molar-refractivity contribution in [2.45, 2.75) is 83.1 Å². The molecule has 5 heterocycles. The molecule has 2 aromatic heterocycles. The Labute approximate surface area is 326 Å². The van der Waals surface area contributed by atoms with Crippen molar-refractivity contribution in [1.82, 2.24) is 29.9 Å².